The largest absolute Gasteiger partial charge is 0.309 e. The predicted molar refractivity (Wildman–Crippen MR) is 262 cm³/mol. The fourth-order valence-corrected chi connectivity index (χ4v) is 11.3. The van der Waals surface area contributed by atoms with Crippen LogP contribution < -0.4 is 5.56 Å². The van der Waals surface area contributed by atoms with Gasteiger partial charge in [-0.3, -0.25) is 9.20 Å². The van der Waals surface area contributed by atoms with Crippen molar-refractivity contribution in [2.75, 3.05) is 0 Å². The summed E-state index contributed by atoms with van der Waals surface area (Å²) in [5.74, 6) is 0. The molecule has 0 fully saturated rings. The van der Waals surface area contributed by atoms with Crippen molar-refractivity contribution in [3.05, 3.63) is 216 Å². The van der Waals surface area contributed by atoms with E-state index in [2.05, 4.69) is 176 Å². The Morgan fingerprint density at radius 2 is 1.05 bits per heavy atom. The van der Waals surface area contributed by atoms with Gasteiger partial charge in [-0.05, 0) is 106 Å². The zero-order valence-electron chi connectivity index (χ0n) is 34.4. The van der Waals surface area contributed by atoms with E-state index in [1.807, 2.05) is 40.8 Å². The van der Waals surface area contributed by atoms with Crippen LogP contribution in [-0.2, 0) is 5.41 Å². The number of hydrogen-bond donors (Lipinski definition) is 0. The lowest BCUT2D eigenvalue weighted by Crippen LogP contribution is -2.17. The summed E-state index contributed by atoms with van der Waals surface area (Å²) in [5, 5.41) is 9.82. The van der Waals surface area contributed by atoms with Crippen LogP contribution in [0.5, 0.6) is 0 Å². The second-order valence-electron chi connectivity index (χ2n) is 17.3. The first-order chi connectivity index (χ1) is 30.4. The molecule has 0 N–H and O–H groups in total. The maximum Gasteiger partial charge on any atom is 0.263 e. The fraction of sp³-hybridized carbons (Fsp3) is 0.0517. The van der Waals surface area contributed by atoms with Gasteiger partial charge in [-0.15, -0.1) is 0 Å². The summed E-state index contributed by atoms with van der Waals surface area (Å²) in [6, 6.07) is 58.8. The van der Waals surface area contributed by atoms with Crippen LogP contribution in [0.3, 0.4) is 0 Å². The SMILES string of the molecule is C=CC1=C(C=C)C(C)(C)c2c1ccc1c3ccccc3n(-c3ccc4c(c3)c3ccccc3n4-c3cccc(-c4cc5c6ccccc6c(=O)n6c7ccccc7c(c4)c56)c3)c21. The molecule has 0 saturated heterocycles. The summed E-state index contributed by atoms with van der Waals surface area (Å²) < 4.78 is 6.80. The van der Waals surface area contributed by atoms with Gasteiger partial charge in [-0.2, -0.15) is 0 Å². The first kappa shape index (κ1) is 34.9. The van der Waals surface area contributed by atoms with Gasteiger partial charge in [0.25, 0.3) is 5.56 Å². The van der Waals surface area contributed by atoms with Gasteiger partial charge in [-0.25, -0.2) is 0 Å². The zero-order valence-corrected chi connectivity index (χ0v) is 34.4. The number of aromatic nitrogens is 3. The van der Waals surface area contributed by atoms with E-state index < -0.39 is 0 Å². The van der Waals surface area contributed by atoms with Gasteiger partial charge in [0.15, 0.2) is 0 Å². The highest BCUT2D eigenvalue weighted by Gasteiger charge is 2.38. The first-order valence-corrected chi connectivity index (χ1v) is 21.3. The van der Waals surface area contributed by atoms with Gasteiger partial charge in [0.05, 0.1) is 33.1 Å². The topological polar surface area (TPSA) is 31.3 Å². The molecule has 0 amide bonds. The Morgan fingerprint density at radius 1 is 0.452 bits per heavy atom. The van der Waals surface area contributed by atoms with Crippen molar-refractivity contribution < 1.29 is 0 Å². The summed E-state index contributed by atoms with van der Waals surface area (Å²) in [4.78, 5) is 14.0. The minimum atomic E-state index is -0.266. The molecule has 8 aromatic carbocycles. The van der Waals surface area contributed by atoms with Crippen LogP contribution in [-0.4, -0.2) is 13.5 Å². The number of para-hydroxylation sites is 3. The maximum atomic E-state index is 14.0. The molecule has 4 heterocycles. The van der Waals surface area contributed by atoms with E-state index >= 15 is 0 Å². The molecule has 12 aromatic rings. The van der Waals surface area contributed by atoms with E-state index in [1.54, 1.807) is 0 Å². The zero-order chi connectivity index (χ0) is 41.6. The Morgan fingerprint density at radius 3 is 1.77 bits per heavy atom. The third-order valence-electron chi connectivity index (χ3n) is 13.9. The monoisotopic (exact) mass is 793 g/mol. The Hall–Kier alpha value is -7.95. The maximum absolute atomic E-state index is 14.0. The molecule has 0 saturated carbocycles. The van der Waals surface area contributed by atoms with E-state index in [1.165, 1.54) is 49.3 Å². The van der Waals surface area contributed by atoms with Gasteiger partial charge >= 0.3 is 0 Å². The van der Waals surface area contributed by atoms with E-state index in [9.17, 15) is 4.79 Å². The molecule has 1 aliphatic carbocycles. The number of fused-ring (bicyclic) bond motifs is 13. The lowest BCUT2D eigenvalue weighted by molar-refractivity contribution is 0.658. The number of nitrogens with zero attached hydrogens (tertiary/aromatic N) is 3. The predicted octanol–water partition coefficient (Wildman–Crippen LogP) is 14.5. The van der Waals surface area contributed by atoms with Gasteiger partial charge in [0.1, 0.15) is 0 Å². The van der Waals surface area contributed by atoms with Crippen molar-refractivity contribution in [3.8, 4) is 22.5 Å². The molecular formula is C58H39N3O. The van der Waals surface area contributed by atoms with Crippen molar-refractivity contribution in [3.63, 3.8) is 0 Å². The molecule has 4 nitrogen and oxygen atoms in total. The Balaban J connectivity index is 1.04. The van der Waals surface area contributed by atoms with Crippen molar-refractivity contribution in [1.29, 1.82) is 0 Å². The van der Waals surface area contributed by atoms with Crippen molar-refractivity contribution in [2.45, 2.75) is 19.3 Å². The van der Waals surface area contributed by atoms with Gasteiger partial charge in [0, 0.05) is 59.9 Å². The Bertz CT molecular complexity index is 4070. The Labute approximate surface area is 357 Å². The molecule has 0 spiro atoms. The highest BCUT2D eigenvalue weighted by atomic mass is 16.1. The molecule has 0 aliphatic heterocycles. The van der Waals surface area contributed by atoms with E-state index in [4.69, 9.17) is 0 Å². The summed E-state index contributed by atoms with van der Waals surface area (Å²) in [6.45, 7) is 13.1. The highest BCUT2D eigenvalue weighted by molar-refractivity contribution is 6.22. The molecule has 0 radical (unpaired) electrons. The fourth-order valence-electron chi connectivity index (χ4n) is 11.3. The minimum Gasteiger partial charge on any atom is -0.309 e. The first-order valence-electron chi connectivity index (χ1n) is 21.3. The van der Waals surface area contributed by atoms with Crippen LogP contribution >= 0.6 is 0 Å². The average molecular weight is 794 g/mol. The smallest absolute Gasteiger partial charge is 0.263 e. The van der Waals surface area contributed by atoms with Crippen molar-refractivity contribution >= 4 is 87.1 Å². The lowest BCUT2D eigenvalue weighted by Gasteiger charge is -2.25. The summed E-state index contributed by atoms with van der Waals surface area (Å²) in [5.41, 5.74) is 15.7. The summed E-state index contributed by atoms with van der Waals surface area (Å²) in [6.07, 6.45) is 4.01. The van der Waals surface area contributed by atoms with Crippen LogP contribution in [0, 0.1) is 0 Å². The normalized spacial score (nSPS) is 13.9. The van der Waals surface area contributed by atoms with Gasteiger partial charge in [-0.1, -0.05) is 136 Å². The number of hydrogen-bond acceptors (Lipinski definition) is 1. The van der Waals surface area contributed by atoms with Gasteiger partial charge in [0.2, 0.25) is 0 Å². The third-order valence-corrected chi connectivity index (χ3v) is 13.9. The second kappa shape index (κ2) is 12.3. The van der Waals surface area contributed by atoms with Crippen molar-refractivity contribution in [2.24, 2.45) is 0 Å². The van der Waals surface area contributed by atoms with Crippen LogP contribution in [0.25, 0.3) is 110 Å². The number of pyridine rings is 1. The van der Waals surface area contributed by atoms with E-state index in [0.29, 0.717) is 0 Å². The second-order valence-corrected chi connectivity index (χ2v) is 17.3. The van der Waals surface area contributed by atoms with Crippen molar-refractivity contribution in [1.82, 2.24) is 13.5 Å². The van der Waals surface area contributed by atoms with E-state index in [-0.39, 0.29) is 11.0 Å². The highest BCUT2D eigenvalue weighted by Crippen LogP contribution is 2.52. The molecule has 0 atom stereocenters. The quantitative estimate of drug-likeness (QED) is 0.160. The third kappa shape index (κ3) is 4.38. The van der Waals surface area contributed by atoms with Gasteiger partial charge < -0.3 is 9.13 Å². The summed E-state index contributed by atoms with van der Waals surface area (Å²) >= 11 is 0. The van der Waals surface area contributed by atoms with Crippen LogP contribution in [0.4, 0.5) is 0 Å². The van der Waals surface area contributed by atoms with E-state index in [0.717, 1.165) is 77.1 Å². The molecule has 0 bridgehead atoms. The molecule has 1 aliphatic rings. The number of rotatable bonds is 5. The molecule has 0 unspecified atom stereocenters. The van der Waals surface area contributed by atoms with Crippen LogP contribution in [0.1, 0.15) is 25.0 Å². The summed E-state index contributed by atoms with van der Waals surface area (Å²) in [7, 11) is 0. The number of allylic oxidation sites excluding steroid dienone is 4. The molecule has 4 heteroatoms. The number of benzene rings is 8. The standard InChI is InChI=1S/C58H39N3O/c1-5-38-43-27-28-44-40-19-9-13-24-51(40)60(56(44)54(43)58(3,4)49(38)6-2)37-26-29-53-46(33-37)41-20-10-12-23-50(41)59(53)36-17-15-16-34(30-36)35-31-47-39-18-7-8-22-45(39)57(62)61-52-25-14-11-21-42(52)48(32-35)55(47)61/h5-33H,1-2H2,3-4H3. The minimum absolute atomic E-state index is 0.0233. The molecule has 4 aromatic heterocycles. The molecular weight excluding hydrogens is 755 g/mol. The molecule has 62 heavy (non-hydrogen) atoms. The molecule has 13 rings (SSSR count). The van der Waals surface area contributed by atoms with Crippen LogP contribution in [0.2, 0.25) is 0 Å². The van der Waals surface area contributed by atoms with Crippen LogP contribution in [0.15, 0.2) is 199 Å². The Kier molecular flexibility index (Phi) is 6.92. The lowest BCUT2D eigenvalue weighted by atomic mass is 9.80. The molecule has 292 valence electrons. The average Bonchev–Trinajstić information content (AvgIpc) is 4.01.